The molecule has 4 heteroatoms. The van der Waals surface area contributed by atoms with E-state index in [1.807, 2.05) is 18.2 Å². The molecule has 12 aromatic rings. The number of benzene rings is 9. The van der Waals surface area contributed by atoms with Crippen LogP contribution in [0.1, 0.15) is 0 Å². The number of fused-ring (bicyclic) bond motifs is 8. The Labute approximate surface area is 352 Å². The fourth-order valence-corrected chi connectivity index (χ4v) is 9.15. The number of aromatic nitrogens is 4. The summed E-state index contributed by atoms with van der Waals surface area (Å²) in [6.45, 7) is 0. The average molecular weight is 777 g/mol. The maximum atomic E-state index is 5.63. The number of nitrogens with zero attached hydrogens (tertiary/aromatic N) is 4. The van der Waals surface area contributed by atoms with Crippen LogP contribution in [0.4, 0.5) is 0 Å². The van der Waals surface area contributed by atoms with Crippen LogP contribution >= 0.6 is 0 Å². The first-order valence-electron chi connectivity index (χ1n) is 20.7. The predicted octanol–water partition coefficient (Wildman–Crippen LogP) is 14.8. The Morgan fingerprint density at radius 1 is 0.295 bits per heavy atom. The third kappa shape index (κ3) is 5.80. The van der Waals surface area contributed by atoms with Gasteiger partial charge < -0.3 is 4.57 Å². The Bertz CT molecular complexity index is 3600. The lowest BCUT2D eigenvalue weighted by Crippen LogP contribution is -1.95. The third-order valence-corrected chi connectivity index (χ3v) is 12.0. The summed E-state index contributed by atoms with van der Waals surface area (Å²) >= 11 is 0. The second kappa shape index (κ2) is 14.3. The zero-order chi connectivity index (χ0) is 40.3. The summed E-state index contributed by atoms with van der Waals surface area (Å²) in [7, 11) is 0. The maximum absolute atomic E-state index is 5.63. The van der Waals surface area contributed by atoms with Gasteiger partial charge in [0.2, 0.25) is 0 Å². The predicted molar refractivity (Wildman–Crippen MR) is 254 cm³/mol. The van der Waals surface area contributed by atoms with Crippen LogP contribution in [0.15, 0.2) is 218 Å². The summed E-state index contributed by atoms with van der Waals surface area (Å²) < 4.78 is 2.38. The van der Waals surface area contributed by atoms with Crippen molar-refractivity contribution in [3.05, 3.63) is 218 Å². The normalized spacial score (nSPS) is 11.6. The molecule has 0 saturated heterocycles. The zero-order valence-electron chi connectivity index (χ0n) is 33.1. The molecule has 284 valence electrons. The van der Waals surface area contributed by atoms with E-state index >= 15 is 0 Å². The van der Waals surface area contributed by atoms with Crippen molar-refractivity contribution in [3.63, 3.8) is 0 Å². The van der Waals surface area contributed by atoms with Crippen molar-refractivity contribution in [3.8, 4) is 61.8 Å². The minimum atomic E-state index is 0.716. The molecule has 0 amide bonds. The lowest BCUT2D eigenvalue weighted by atomic mass is 9.93. The number of para-hydroxylation sites is 4. The van der Waals surface area contributed by atoms with Crippen LogP contribution in [0.2, 0.25) is 0 Å². The van der Waals surface area contributed by atoms with E-state index in [4.69, 9.17) is 15.0 Å². The van der Waals surface area contributed by atoms with Gasteiger partial charge >= 0.3 is 0 Å². The van der Waals surface area contributed by atoms with Crippen molar-refractivity contribution >= 4 is 54.4 Å². The SMILES string of the molecule is c1ccc(-c2nc(-c3ccc(-c4ccc(-c5cccc6c5nc(-c5ccccc5)c5c6ccc6c5c5ccccc5n6-c5ccccc5)cc4)cc3)nc3ccccc23)cc1. The Hall–Kier alpha value is -8.21. The highest BCUT2D eigenvalue weighted by atomic mass is 15.0. The molecule has 0 fully saturated rings. The van der Waals surface area contributed by atoms with Gasteiger partial charge in [0.25, 0.3) is 0 Å². The van der Waals surface area contributed by atoms with Gasteiger partial charge in [-0.3, -0.25) is 0 Å². The zero-order valence-corrected chi connectivity index (χ0v) is 33.1. The highest BCUT2D eigenvalue weighted by molar-refractivity contribution is 6.29. The van der Waals surface area contributed by atoms with E-state index in [1.165, 1.54) is 32.6 Å². The van der Waals surface area contributed by atoms with Crippen LogP contribution in [0, 0.1) is 0 Å². The fraction of sp³-hybridized carbons (Fsp3) is 0. The highest BCUT2D eigenvalue weighted by Crippen LogP contribution is 2.44. The molecule has 0 aliphatic carbocycles. The molecule has 0 aliphatic rings. The summed E-state index contributed by atoms with van der Waals surface area (Å²) in [6.07, 6.45) is 0. The van der Waals surface area contributed by atoms with Crippen LogP contribution in [-0.4, -0.2) is 19.5 Å². The minimum Gasteiger partial charge on any atom is -0.309 e. The Kier molecular flexibility index (Phi) is 8.13. The number of pyridine rings is 1. The first-order valence-corrected chi connectivity index (χ1v) is 20.7. The maximum Gasteiger partial charge on any atom is 0.160 e. The molecule has 9 aromatic carbocycles. The van der Waals surface area contributed by atoms with E-state index in [1.54, 1.807) is 0 Å². The second-order valence-electron chi connectivity index (χ2n) is 15.5. The summed E-state index contributed by atoms with van der Waals surface area (Å²) in [5.74, 6) is 0.716. The van der Waals surface area contributed by atoms with Crippen molar-refractivity contribution in [2.75, 3.05) is 0 Å². The Balaban J connectivity index is 0.965. The number of rotatable bonds is 6. The Morgan fingerprint density at radius 2 is 0.869 bits per heavy atom. The van der Waals surface area contributed by atoms with Gasteiger partial charge in [-0.05, 0) is 52.4 Å². The van der Waals surface area contributed by atoms with Gasteiger partial charge in [0.1, 0.15) is 0 Å². The van der Waals surface area contributed by atoms with E-state index < -0.39 is 0 Å². The van der Waals surface area contributed by atoms with Crippen LogP contribution < -0.4 is 0 Å². The van der Waals surface area contributed by atoms with Crippen molar-refractivity contribution in [1.29, 1.82) is 0 Å². The molecule has 3 heterocycles. The van der Waals surface area contributed by atoms with Gasteiger partial charge in [0.05, 0.1) is 33.5 Å². The molecule has 0 unspecified atom stereocenters. The van der Waals surface area contributed by atoms with E-state index in [0.29, 0.717) is 5.82 Å². The molecule has 0 radical (unpaired) electrons. The van der Waals surface area contributed by atoms with Crippen molar-refractivity contribution < 1.29 is 0 Å². The summed E-state index contributed by atoms with van der Waals surface area (Å²) in [5, 5.41) is 6.98. The molecule has 0 bridgehead atoms. The molecule has 0 saturated carbocycles. The van der Waals surface area contributed by atoms with Gasteiger partial charge in [-0.15, -0.1) is 0 Å². The molecular formula is C57H36N4. The van der Waals surface area contributed by atoms with E-state index in [2.05, 4.69) is 205 Å². The first kappa shape index (κ1) is 34.8. The molecule has 0 spiro atoms. The molecule has 0 N–H and O–H groups in total. The van der Waals surface area contributed by atoms with Crippen molar-refractivity contribution in [2.24, 2.45) is 0 Å². The van der Waals surface area contributed by atoms with Crippen molar-refractivity contribution in [1.82, 2.24) is 19.5 Å². The number of hydrogen-bond donors (Lipinski definition) is 0. The van der Waals surface area contributed by atoms with Gasteiger partial charge in [-0.2, -0.15) is 0 Å². The van der Waals surface area contributed by atoms with E-state index in [9.17, 15) is 0 Å². The summed E-state index contributed by atoms with van der Waals surface area (Å²) in [6, 6.07) is 77.3. The van der Waals surface area contributed by atoms with Gasteiger partial charge in [-0.1, -0.05) is 188 Å². The summed E-state index contributed by atoms with van der Waals surface area (Å²) in [5.41, 5.74) is 15.0. The number of hydrogen-bond acceptors (Lipinski definition) is 3. The van der Waals surface area contributed by atoms with E-state index in [0.717, 1.165) is 77.8 Å². The van der Waals surface area contributed by atoms with Crippen LogP contribution in [0.3, 0.4) is 0 Å². The smallest absolute Gasteiger partial charge is 0.160 e. The monoisotopic (exact) mass is 776 g/mol. The van der Waals surface area contributed by atoms with Crippen molar-refractivity contribution in [2.45, 2.75) is 0 Å². The molecular weight excluding hydrogens is 741 g/mol. The van der Waals surface area contributed by atoms with Gasteiger partial charge in [0.15, 0.2) is 5.82 Å². The quantitative estimate of drug-likeness (QED) is 0.158. The lowest BCUT2D eigenvalue weighted by molar-refractivity contribution is 1.18. The van der Waals surface area contributed by atoms with Crippen LogP contribution in [-0.2, 0) is 0 Å². The molecule has 12 rings (SSSR count). The molecule has 4 nitrogen and oxygen atoms in total. The summed E-state index contributed by atoms with van der Waals surface area (Å²) in [4.78, 5) is 15.7. The topological polar surface area (TPSA) is 43.6 Å². The van der Waals surface area contributed by atoms with Gasteiger partial charge in [-0.25, -0.2) is 15.0 Å². The molecule has 61 heavy (non-hydrogen) atoms. The minimum absolute atomic E-state index is 0.716. The standard InChI is InChI=1S/C57H36N4/c1-4-15-40(16-5-1)54-47-21-10-12-25-49(47)58-57(60-54)42-33-29-38(30-34-42)37-27-31-39(32-28-37)44-23-14-24-46-45-35-36-51-52(53(45)55(59-56(44)46)41-17-6-2-7-18-41)48-22-11-13-26-50(48)61(51)43-19-8-3-9-20-43/h1-36H. The molecule has 3 aromatic heterocycles. The fourth-order valence-electron chi connectivity index (χ4n) is 9.15. The van der Waals surface area contributed by atoms with Crippen LogP contribution in [0.5, 0.6) is 0 Å². The first-order chi connectivity index (χ1) is 30.3. The van der Waals surface area contributed by atoms with Crippen LogP contribution in [0.25, 0.3) is 116 Å². The molecule has 0 aliphatic heterocycles. The highest BCUT2D eigenvalue weighted by Gasteiger charge is 2.21. The largest absolute Gasteiger partial charge is 0.309 e. The second-order valence-corrected chi connectivity index (χ2v) is 15.5. The Morgan fingerprint density at radius 3 is 1.59 bits per heavy atom. The third-order valence-electron chi connectivity index (χ3n) is 12.0. The van der Waals surface area contributed by atoms with Gasteiger partial charge in [0, 0.05) is 54.9 Å². The van der Waals surface area contributed by atoms with E-state index in [-0.39, 0.29) is 0 Å². The average Bonchev–Trinajstić information content (AvgIpc) is 3.69. The molecule has 0 atom stereocenters. The lowest BCUT2D eigenvalue weighted by Gasteiger charge is -2.15.